The molecule has 1 aliphatic heterocycles. The highest BCUT2D eigenvalue weighted by Crippen LogP contribution is 2.23. The Morgan fingerprint density at radius 3 is 2.86 bits per heavy atom. The molecule has 1 N–H and O–H groups in total. The van der Waals surface area contributed by atoms with Crippen molar-refractivity contribution < 1.29 is 9.32 Å². The van der Waals surface area contributed by atoms with E-state index in [0.717, 1.165) is 41.7 Å². The van der Waals surface area contributed by atoms with Crippen LogP contribution < -0.4 is 5.32 Å². The number of carbonyl (C=O) groups excluding carboxylic acids is 1. The van der Waals surface area contributed by atoms with Gasteiger partial charge in [-0.2, -0.15) is 4.98 Å². The maximum Gasteiger partial charge on any atom is 0.241 e. The van der Waals surface area contributed by atoms with Gasteiger partial charge in [0.05, 0.1) is 18.4 Å². The maximum absolute atomic E-state index is 12.4. The van der Waals surface area contributed by atoms with E-state index in [0.29, 0.717) is 18.3 Å². The Bertz CT molecular complexity index is 939. The van der Waals surface area contributed by atoms with E-state index >= 15 is 0 Å². The van der Waals surface area contributed by atoms with Crippen LogP contribution in [0.25, 0.3) is 11.4 Å². The van der Waals surface area contributed by atoms with Crippen molar-refractivity contribution in [2.45, 2.75) is 19.4 Å². The van der Waals surface area contributed by atoms with Crippen molar-refractivity contribution in [3.05, 3.63) is 59.2 Å². The third kappa shape index (κ3) is 4.63. The van der Waals surface area contributed by atoms with Crippen molar-refractivity contribution >= 4 is 27.5 Å². The summed E-state index contributed by atoms with van der Waals surface area (Å²) in [6.45, 7) is 2.23. The van der Waals surface area contributed by atoms with Gasteiger partial charge in [0.25, 0.3) is 0 Å². The summed E-state index contributed by atoms with van der Waals surface area (Å²) in [7, 11) is 0. The molecule has 1 amide bonds. The molecular weight excluding hydrogens is 422 g/mol. The van der Waals surface area contributed by atoms with Gasteiger partial charge in [0, 0.05) is 22.2 Å². The Hall–Kier alpha value is -2.58. The Balaban J connectivity index is 1.29. The molecule has 28 heavy (non-hydrogen) atoms. The number of likely N-dealkylation sites (tertiary alicyclic amines) is 1. The lowest BCUT2D eigenvalue weighted by atomic mass is 9.96. The second-order valence-corrected chi connectivity index (χ2v) is 7.72. The number of nitrogens with one attached hydrogen (secondary N) is 1. The van der Waals surface area contributed by atoms with Crippen LogP contribution in [0.2, 0.25) is 0 Å². The summed E-state index contributed by atoms with van der Waals surface area (Å²) in [5, 5.41) is 7.02. The number of hydrogen-bond acceptors (Lipinski definition) is 6. The number of nitrogens with zero attached hydrogens (tertiary/aromatic N) is 4. The second-order valence-electron chi connectivity index (χ2n) is 6.80. The number of pyridine rings is 1. The van der Waals surface area contributed by atoms with Crippen LogP contribution in [0.15, 0.2) is 57.8 Å². The number of aromatic nitrogens is 3. The average molecular weight is 442 g/mol. The molecule has 1 aromatic carbocycles. The number of halogens is 1. The van der Waals surface area contributed by atoms with Crippen molar-refractivity contribution in [3.8, 4) is 11.4 Å². The lowest BCUT2D eigenvalue weighted by Gasteiger charge is -2.30. The van der Waals surface area contributed by atoms with Crippen molar-refractivity contribution in [2.24, 2.45) is 5.92 Å². The smallest absolute Gasteiger partial charge is 0.241 e. The molecule has 3 aromatic rings. The summed E-state index contributed by atoms with van der Waals surface area (Å²) < 4.78 is 6.39. The molecule has 2 aromatic heterocycles. The van der Waals surface area contributed by atoms with Gasteiger partial charge in [-0.1, -0.05) is 33.2 Å². The zero-order chi connectivity index (χ0) is 19.3. The predicted molar refractivity (Wildman–Crippen MR) is 108 cm³/mol. The number of benzene rings is 1. The minimum atomic E-state index is 0.0105. The molecule has 0 aliphatic carbocycles. The first-order chi connectivity index (χ1) is 13.7. The van der Waals surface area contributed by atoms with Crippen LogP contribution in [0.3, 0.4) is 0 Å². The van der Waals surface area contributed by atoms with Gasteiger partial charge in [0.15, 0.2) is 0 Å². The van der Waals surface area contributed by atoms with Crippen LogP contribution in [0.5, 0.6) is 0 Å². The molecule has 0 bridgehead atoms. The van der Waals surface area contributed by atoms with Gasteiger partial charge in [-0.25, -0.2) is 0 Å². The SMILES string of the molecule is O=C(Nc1cccnc1)C1CCN(Cc2nc(-c3cccc(Br)c3)no2)CC1. The molecule has 4 rings (SSSR count). The highest BCUT2D eigenvalue weighted by atomic mass is 79.9. The van der Waals surface area contributed by atoms with E-state index in [4.69, 9.17) is 4.52 Å². The van der Waals surface area contributed by atoms with E-state index in [1.807, 2.05) is 36.4 Å². The zero-order valence-corrected chi connectivity index (χ0v) is 16.8. The number of piperidine rings is 1. The van der Waals surface area contributed by atoms with Gasteiger partial charge in [-0.05, 0) is 50.2 Å². The van der Waals surface area contributed by atoms with E-state index in [1.165, 1.54) is 0 Å². The number of anilines is 1. The molecule has 1 fully saturated rings. The molecule has 1 saturated heterocycles. The topological polar surface area (TPSA) is 84.2 Å². The standard InChI is InChI=1S/C20H20BrN5O2/c21-16-4-1-3-15(11-16)19-24-18(28-25-19)13-26-9-6-14(7-10-26)20(27)23-17-5-2-8-22-12-17/h1-5,8,11-12,14H,6-7,9-10,13H2,(H,23,27). The number of rotatable bonds is 5. The summed E-state index contributed by atoms with van der Waals surface area (Å²) in [6.07, 6.45) is 4.95. The molecule has 0 atom stereocenters. The molecular formula is C20H20BrN5O2. The molecule has 8 heteroatoms. The van der Waals surface area contributed by atoms with Crippen LogP contribution >= 0.6 is 15.9 Å². The van der Waals surface area contributed by atoms with E-state index in [-0.39, 0.29) is 11.8 Å². The highest BCUT2D eigenvalue weighted by Gasteiger charge is 2.26. The fourth-order valence-electron chi connectivity index (χ4n) is 3.29. The third-order valence-electron chi connectivity index (χ3n) is 4.80. The first-order valence-electron chi connectivity index (χ1n) is 9.19. The van der Waals surface area contributed by atoms with Gasteiger partial charge < -0.3 is 9.84 Å². The summed E-state index contributed by atoms with van der Waals surface area (Å²) in [5.41, 5.74) is 1.65. The number of hydrogen-bond donors (Lipinski definition) is 1. The van der Waals surface area contributed by atoms with E-state index in [2.05, 4.69) is 41.3 Å². The molecule has 1 aliphatic rings. The van der Waals surface area contributed by atoms with Crippen LogP contribution in [-0.2, 0) is 11.3 Å². The summed E-state index contributed by atoms with van der Waals surface area (Å²) in [4.78, 5) is 23.2. The fourth-order valence-corrected chi connectivity index (χ4v) is 3.69. The molecule has 144 valence electrons. The number of amides is 1. The second kappa shape index (κ2) is 8.62. The van der Waals surface area contributed by atoms with Crippen molar-refractivity contribution in [1.82, 2.24) is 20.0 Å². The monoisotopic (exact) mass is 441 g/mol. The maximum atomic E-state index is 12.4. The Kier molecular flexibility index (Phi) is 5.78. The Morgan fingerprint density at radius 2 is 2.11 bits per heavy atom. The summed E-state index contributed by atoms with van der Waals surface area (Å²) >= 11 is 3.45. The van der Waals surface area contributed by atoms with Crippen LogP contribution in [-0.4, -0.2) is 39.0 Å². The molecule has 0 saturated carbocycles. The number of carbonyl (C=O) groups is 1. The first-order valence-corrected chi connectivity index (χ1v) is 9.98. The minimum Gasteiger partial charge on any atom is -0.338 e. The first kappa shape index (κ1) is 18.8. The molecule has 3 heterocycles. The van der Waals surface area contributed by atoms with Gasteiger partial charge in [-0.3, -0.25) is 14.7 Å². The predicted octanol–water partition coefficient (Wildman–Crippen LogP) is 3.74. The summed E-state index contributed by atoms with van der Waals surface area (Å²) in [5.74, 6) is 1.24. The van der Waals surface area contributed by atoms with Crippen LogP contribution in [0.4, 0.5) is 5.69 Å². The van der Waals surface area contributed by atoms with E-state index < -0.39 is 0 Å². The third-order valence-corrected chi connectivity index (χ3v) is 5.29. The Morgan fingerprint density at radius 1 is 1.25 bits per heavy atom. The van der Waals surface area contributed by atoms with Gasteiger partial charge >= 0.3 is 0 Å². The Labute approximate surface area is 171 Å². The minimum absolute atomic E-state index is 0.0105. The summed E-state index contributed by atoms with van der Waals surface area (Å²) in [6, 6.07) is 11.5. The largest absolute Gasteiger partial charge is 0.338 e. The highest BCUT2D eigenvalue weighted by molar-refractivity contribution is 9.10. The van der Waals surface area contributed by atoms with Gasteiger partial charge in [-0.15, -0.1) is 0 Å². The lowest BCUT2D eigenvalue weighted by Crippen LogP contribution is -2.37. The van der Waals surface area contributed by atoms with E-state index in [1.54, 1.807) is 12.4 Å². The van der Waals surface area contributed by atoms with Crippen molar-refractivity contribution in [2.75, 3.05) is 18.4 Å². The normalized spacial score (nSPS) is 15.5. The quantitative estimate of drug-likeness (QED) is 0.648. The van der Waals surface area contributed by atoms with E-state index in [9.17, 15) is 4.79 Å². The lowest BCUT2D eigenvalue weighted by molar-refractivity contribution is -0.121. The fraction of sp³-hybridized carbons (Fsp3) is 0.300. The van der Waals surface area contributed by atoms with Crippen LogP contribution in [0.1, 0.15) is 18.7 Å². The van der Waals surface area contributed by atoms with Gasteiger partial charge in [0.2, 0.25) is 17.6 Å². The van der Waals surface area contributed by atoms with Crippen molar-refractivity contribution in [1.29, 1.82) is 0 Å². The van der Waals surface area contributed by atoms with Gasteiger partial charge in [0.1, 0.15) is 0 Å². The average Bonchev–Trinajstić information content (AvgIpc) is 3.18. The van der Waals surface area contributed by atoms with Crippen LogP contribution in [0, 0.1) is 5.92 Å². The molecule has 0 unspecified atom stereocenters. The molecule has 0 radical (unpaired) electrons. The zero-order valence-electron chi connectivity index (χ0n) is 15.2. The molecule has 0 spiro atoms. The van der Waals surface area contributed by atoms with Crippen molar-refractivity contribution in [3.63, 3.8) is 0 Å². The molecule has 7 nitrogen and oxygen atoms in total.